The maximum atomic E-state index is 13.7. The number of hydrogen-bond acceptors (Lipinski definition) is 11. The second-order valence-corrected chi connectivity index (χ2v) is 16.5. The molecular weight excluding hydrogens is 692 g/mol. The fourth-order valence-electron chi connectivity index (χ4n) is 5.55. The van der Waals surface area contributed by atoms with Gasteiger partial charge in [0, 0.05) is 35.5 Å². The Hall–Kier alpha value is -5.53. The molecule has 14 heteroatoms. The number of nitrogens with zero attached hydrogens (tertiary/aromatic N) is 5. The van der Waals surface area contributed by atoms with Crippen molar-refractivity contribution in [2.24, 2.45) is 5.92 Å². The lowest BCUT2D eigenvalue weighted by Gasteiger charge is -2.28. The van der Waals surface area contributed by atoms with Crippen LogP contribution in [0.25, 0.3) is 34.0 Å². The van der Waals surface area contributed by atoms with Crippen molar-refractivity contribution in [3.63, 3.8) is 0 Å². The Morgan fingerprint density at radius 3 is 2.07 bits per heavy atom. The molecule has 3 aromatic heterocycles. The number of nitrogens with one attached hydrogen (secondary N) is 1. The second kappa shape index (κ2) is 15.1. The number of ether oxygens (including phenoxy) is 3. The van der Waals surface area contributed by atoms with Gasteiger partial charge in [-0.25, -0.2) is 24.4 Å². The molecule has 0 aliphatic heterocycles. The molecule has 1 N–H and O–H groups in total. The Morgan fingerprint density at radius 1 is 0.852 bits per heavy atom. The Kier molecular flexibility index (Phi) is 11.1. The SMILES string of the molecule is CC(NC(=O)OC(C)(C)C)c1cccc(-c2cc(-c3nc(-c4ccc(=O)n(C(C)C5CC5)c4)cnc3N(C(=O)OC(C)(C)C)C(=O)OC(C)(C)C)on2)c1. The number of anilines is 1. The molecule has 1 aliphatic rings. The molecule has 4 aromatic rings. The predicted molar refractivity (Wildman–Crippen MR) is 203 cm³/mol. The third-order valence-electron chi connectivity index (χ3n) is 8.25. The first-order valence-electron chi connectivity index (χ1n) is 18.0. The van der Waals surface area contributed by atoms with E-state index in [-0.39, 0.29) is 28.9 Å². The first kappa shape index (κ1) is 39.7. The summed E-state index contributed by atoms with van der Waals surface area (Å²) in [6, 6.07) is 11.7. The van der Waals surface area contributed by atoms with Crippen LogP contribution < -0.4 is 15.8 Å². The Morgan fingerprint density at radius 2 is 1.48 bits per heavy atom. The zero-order valence-corrected chi connectivity index (χ0v) is 32.8. The average Bonchev–Trinajstić information content (AvgIpc) is 3.78. The molecule has 14 nitrogen and oxygen atoms in total. The summed E-state index contributed by atoms with van der Waals surface area (Å²) in [6.45, 7) is 19.3. The van der Waals surface area contributed by atoms with Crippen LogP contribution in [-0.2, 0) is 14.2 Å². The third kappa shape index (κ3) is 10.1. The van der Waals surface area contributed by atoms with Crippen LogP contribution in [0.2, 0.25) is 0 Å². The molecule has 3 heterocycles. The number of rotatable bonds is 8. The lowest BCUT2D eigenvalue weighted by atomic mass is 10.0. The van der Waals surface area contributed by atoms with Gasteiger partial charge in [-0.1, -0.05) is 23.4 Å². The summed E-state index contributed by atoms with van der Waals surface area (Å²) < 4.78 is 24.2. The molecule has 1 aliphatic carbocycles. The summed E-state index contributed by atoms with van der Waals surface area (Å²) >= 11 is 0. The first-order chi connectivity index (χ1) is 25.1. The molecule has 0 saturated heterocycles. The van der Waals surface area contributed by atoms with Gasteiger partial charge in [0.25, 0.3) is 5.56 Å². The molecular formula is C40H50N6O8. The van der Waals surface area contributed by atoms with E-state index >= 15 is 0 Å². The van der Waals surface area contributed by atoms with E-state index in [0.717, 1.165) is 18.4 Å². The monoisotopic (exact) mass is 742 g/mol. The number of aromatic nitrogens is 4. The summed E-state index contributed by atoms with van der Waals surface area (Å²) in [5, 5.41) is 7.15. The molecule has 1 fully saturated rings. The highest BCUT2D eigenvalue weighted by atomic mass is 16.6. The van der Waals surface area contributed by atoms with Crippen LogP contribution in [0.3, 0.4) is 0 Å². The number of hydrogen-bond donors (Lipinski definition) is 1. The van der Waals surface area contributed by atoms with Gasteiger partial charge in [-0.3, -0.25) is 4.79 Å². The van der Waals surface area contributed by atoms with E-state index in [9.17, 15) is 19.2 Å². The standard InChI is InChI=1S/C40H50N6O8/c1-23(42-35(48)51-38(3,4)5)26-13-12-14-27(19-26)29-20-31(54-44-29)33-34(46(36(49)52-39(6,7)8)37(50)53-40(9,10)11)41-21-30(43-33)28-17-18-32(47)45(22-28)24(2)25-15-16-25/h12-14,17-25H,15-16H2,1-11H3,(H,42,48). The van der Waals surface area contributed by atoms with Crippen LogP contribution in [-0.4, -0.2) is 54.8 Å². The molecule has 288 valence electrons. The Balaban J connectivity index is 1.61. The van der Waals surface area contributed by atoms with Crippen molar-refractivity contribution >= 4 is 24.1 Å². The van der Waals surface area contributed by atoms with E-state index in [1.54, 1.807) is 85.2 Å². The van der Waals surface area contributed by atoms with Crippen LogP contribution in [0.1, 0.15) is 107 Å². The van der Waals surface area contributed by atoms with Crippen molar-refractivity contribution in [2.45, 2.75) is 118 Å². The van der Waals surface area contributed by atoms with Gasteiger partial charge in [-0.2, -0.15) is 4.90 Å². The molecule has 0 radical (unpaired) electrons. The number of carbonyl (C=O) groups is 3. The second-order valence-electron chi connectivity index (χ2n) is 16.5. The van der Waals surface area contributed by atoms with Crippen LogP contribution in [0, 0.1) is 5.92 Å². The number of pyridine rings is 1. The van der Waals surface area contributed by atoms with Gasteiger partial charge >= 0.3 is 18.3 Å². The minimum atomic E-state index is -1.04. The Labute approximate surface area is 315 Å². The van der Waals surface area contributed by atoms with Crippen LogP contribution in [0.5, 0.6) is 0 Å². The zero-order chi connectivity index (χ0) is 39.7. The summed E-state index contributed by atoms with van der Waals surface area (Å²) in [5.74, 6) is 0.283. The number of carbonyl (C=O) groups excluding carboxylic acids is 3. The van der Waals surface area contributed by atoms with Crippen molar-refractivity contribution < 1.29 is 33.1 Å². The molecule has 3 amide bonds. The lowest BCUT2D eigenvalue weighted by Crippen LogP contribution is -2.44. The number of imide groups is 1. The van der Waals surface area contributed by atoms with Crippen LogP contribution in [0.4, 0.5) is 20.2 Å². The molecule has 2 atom stereocenters. The molecule has 1 aromatic carbocycles. The maximum absolute atomic E-state index is 13.7. The van der Waals surface area contributed by atoms with Gasteiger partial charge in [-0.15, -0.1) is 0 Å². The average molecular weight is 743 g/mol. The van der Waals surface area contributed by atoms with E-state index in [0.29, 0.717) is 33.3 Å². The van der Waals surface area contributed by atoms with Gasteiger partial charge < -0.3 is 28.6 Å². The smallest absolute Gasteiger partial charge is 0.425 e. The van der Waals surface area contributed by atoms with Crippen LogP contribution >= 0.6 is 0 Å². The topological polar surface area (TPSA) is 168 Å². The molecule has 5 rings (SSSR count). The largest absolute Gasteiger partial charge is 0.444 e. The normalized spacial score (nSPS) is 14.5. The molecule has 2 unspecified atom stereocenters. The van der Waals surface area contributed by atoms with Crippen molar-refractivity contribution in [1.82, 2.24) is 25.0 Å². The quantitative estimate of drug-likeness (QED) is 0.171. The van der Waals surface area contributed by atoms with Gasteiger partial charge in [0.05, 0.1) is 17.9 Å². The van der Waals surface area contributed by atoms with E-state index in [4.69, 9.17) is 23.7 Å². The minimum Gasteiger partial charge on any atom is -0.444 e. The van der Waals surface area contributed by atoms with Crippen molar-refractivity contribution in [3.05, 3.63) is 70.8 Å². The van der Waals surface area contributed by atoms with Crippen molar-refractivity contribution in [2.75, 3.05) is 4.90 Å². The van der Waals surface area contributed by atoms with E-state index in [1.165, 1.54) is 12.3 Å². The van der Waals surface area contributed by atoms with Crippen molar-refractivity contribution in [1.29, 1.82) is 0 Å². The lowest BCUT2D eigenvalue weighted by molar-refractivity contribution is 0.0425. The fourth-order valence-corrected chi connectivity index (χ4v) is 5.55. The molecule has 1 saturated carbocycles. The highest BCUT2D eigenvalue weighted by Gasteiger charge is 2.37. The van der Waals surface area contributed by atoms with E-state index < -0.39 is 41.1 Å². The summed E-state index contributed by atoms with van der Waals surface area (Å²) in [6.07, 6.45) is 2.63. The van der Waals surface area contributed by atoms with Gasteiger partial charge in [0.15, 0.2) is 17.3 Å². The number of amides is 3. The molecule has 0 bridgehead atoms. The fraction of sp³-hybridized carbons (Fsp3) is 0.475. The minimum absolute atomic E-state index is 0.00590. The van der Waals surface area contributed by atoms with E-state index in [2.05, 4.69) is 15.5 Å². The highest BCUT2D eigenvalue weighted by Crippen LogP contribution is 2.39. The van der Waals surface area contributed by atoms with E-state index in [1.807, 2.05) is 38.1 Å². The zero-order valence-electron chi connectivity index (χ0n) is 32.8. The Bertz CT molecular complexity index is 2050. The number of benzene rings is 1. The summed E-state index contributed by atoms with van der Waals surface area (Å²) in [7, 11) is 0. The molecule has 0 spiro atoms. The first-order valence-corrected chi connectivity index (χ1v) is 18.0. The summed E-state index contributed by atoms with van der Waals surface area (Å²) in [5.41, 5.74) is 0.0256. The summed E-state index contributed by atoms with van der Waals surface area (Å²) in [4.78, 5) is 63.0. The van der Waals surface area contributed by atoms with Gasteiger partial charge in [-0.05, 0) is 113 Å². The number of alkyl carbamates (subject to hydrolysis) is 1. The predicted octanol–water partition coefficient (Wildman–Crippen LogP) is 8.86. The van der Waals surface area contributed by atoms with Crippen molar-refractivity contribution in [3.8, 4) is 34.0 Å². The van der Waals surface area contributed by atoms with Gasteiger partial charge in [0.1, 0.15) is 22.5 Å². The third-order valence-corrected chi connectivity index (χ3v) is 8.25. The maximum Gasteiger partial charge on any atom is 0.425 e. The van der Waals surface area contributed by atoms with Gasteiger partial charge in [0.2, 0.25) is 0 Å². The van der Waals surface area contributed by atoms with Crippen LogP contribution in [0.15, 0.2) is 64.2 Å². The molecule has 54 heavy (non-hydrogen) atoms. The highest BCUT2D eigenvalue weighted by molar-refractivity contribution is 6.10.